The van der Waals surface area contributed by atoms with Crippen molar-refractivity contribution < 1.29 is 24.2 Å². The van der Waals surface area contributed by atoms with Gasteiger partial charge < -0.3 is 19.5 Å². The molecule has 26 heavy (non-hydrogen) atoms. The summed E-state index contributed by atoms with van der Waals surface area (Å²) in [7, 11) is 3.03. The van der Waals surface area contributed by atoms with Crippen molar-refractivity contribution in [3.05, 3.63) is 23.3 Å². The molecular formula is C20H29NO5. The molecule has 0 saturated carbocycles. The van der Waals surface area contributed by atoms with E-state index in [1.165, 1.54) is 21.1 Å². The van der Waals surface area contributed by atoms with Crippen LogP contribution in [0.25, 0.3) is 0 Å². The summed E-state index contributed by atoms with van der Waals surface area (Å²) in [4.78, 5) is 26.6. The van der Waals surface area contributed by atoms with Gasteiger partial charge in [0, 0.05) is 24.1 Å². The predicted octanol–water partition coefficient (Wildman–Crippen LogP) is 2.46. The van der Waals surface area contributed by atoms with E-state index in [9.17, 15) is 14.7 Å². The highest BCUT2D eigenvalue weighted by Crippen LogP contribution is 2.38. The van der Waals surface area contributed by atoms with Crippen molar-refractivity contribution in [2.24, 2.45) is 5.41 Å². The minimum Gasteiger partial charge on any atom is -0.493 e. The number of hydrogen-bond acceptors (Lipinski definition) is 5. The Morgan fingerprint density at radius 1 is 1.15 bits per heavy atom. The van der Waals surface area contributed by atoms with E-state index in [1.54, 1.807) is 17.0 Å². The monoisotopic (exact) mass is 363 g/mol. The Morgan fingerprint density at radius 3 is 2.23 bits per heavy atom. The summed E-state index contributed by atoms with van der Waals surface area (Å²) in [6, 6.07) is 3.31. The lowest BCUT2D eigenvalue weighted by atomic mass is 9.71. The van der Waals surface area contributed by atoms with Gasteiger partial charge in [-0.25, -0.2) is 0 Å². The molecule has 144 valence electrons. The standard InChI is InChI=1S/C20H29NO5/c1-13(22)15-11-17(26-6)16(25-5)9-14(15)10-18(23)21-8-7-20(4,24)19(2,3)12-21/h9,11,24H,7-8,10,12H2,1-6H3/t20-/m1/s1. The molecule has 0 unspecified atom stereocenters. The highest BCUT2D eigenvalue weighted by Gasteiger charge is 2.45. The fourth-order valence-corrected chi connectivity index (χ4v) is 3.30. The summed E-state index contributed by atoms with van der Waals surface area (Å²) in [6.45, 7) is 8.18. The van der Waals surface area contributed by atoms with Gasteiger partial charge in [-0.15, -0.1) is 0 Å². The fourth-order valence-electron chi connectivity index (χ4n) is 3.30. The van der Waals surface area contributed by atoms with Gasteiger partial charge in [0.2, 0.25) is 5.91 Å². The summed E-state index contributed by atoms with van der Waals surface area (Å²) in [5.41, 5.74) is -0.130. The summed E-state index contributed by atoms with van der Waals surface area (Å²) >= 11 is 0. The lowest BCUT2D eigenvalue weighted by Crippen LogP contribution is -2.57. The van der Waals surface area contributed by atoms with Crippen molar-refractivity contribution in [1.29, 1.82) is 0 Å². The van der Waals surface area contributed by atoms with Crippen molar-refractivity contribution in [3.63, 3.8) is 0 Å². The van der Waals surface area contributed by atoms with Crippen LogP contribution in [-0.4, -0.2) is 54.6 Å². The smallest absolute Gasteiger partial charge is 0.227 e. The molecule has 0 radical (unpaired) electrons. The molecule has 0 spiro atoms. The van der Waals surface area contributed by atoms with Crippen LogP contribution in [0, 0.1) is 5.41 Å². The first-order valence-electron chi connectivity index (χ1n) is 8.78. The number of methoxy groups -OCH3 is 2. The number of aliphatic hydroxyl groups is 1. The molecule has 1 aromatic rings. The second-order valence-corrected chi connectivity index (χ2v) is 7.82. The van der Waals surface area contributed by atoms with Crippen LogP contribution in [0.1, 0.15) is 50.0 Å². The second-order valence-electron chi connectivity index (χ2n) is 7.82. The first kappa shape index (κ1) is 20.2. The zero-order valence-corrected chi connectivity index (χ0v) is 16.5. The van der Waals surface area contributed by atoms with Gasteiger partial charge in [0.25, 0.3) is 0 Å². The fraction of sp³-hybridized carbons (Fsp3) is 0.600. The third-order valence-electron chi connectivity index (χ3n) is 5.60. The molecule has 1 aliphatic heterocycles. The van der Waals surface area contributed by atoms with Gasteiger partial charge in [0.15, 0.2) is 17.3 Å². The van der Waals surface area contributed by atoms with Crippen LogP contribution >= 0.6 is 0 Å². The SMILES string of the molecule is COc1cc(CC(=O)N2CC[C@@](C)(O)C(C)(C)C2)c(C(C)=O)cc1OC. The van der Waals surface area contributed by atoms with Crippen molar-refractivity contribution in [3.8, 4) is 11.5 Å². The van der Waals surface area contributed by atoms with Gasteiger partial charge >= 0.3 is 0 Å². The summed E-state index contributed by atoms with van der Waals surface area (Å²) in [5, 5.41) is 10.5. The third-order valence-corrected chi connectivity index (χ3v) is 5.60. The van der Waals surface area contributed by atoms with Gasteiger partial charge in [-0.05, 0) is 38.0 Å². The Hall–Kier alpha value is -2.08. The number of amides is 1. The van der Waals surface area contributed by atoms with Crippen LogP contribution in [0.3, 0.4) is 0 Å². The zero-order chi connectivity index (χ0) is 19.7. The van der Waals surface area contributed by atoms with Crippen molar-refractivity contribution >= 4 is 11.7 Å². The highest BCUT2D eigenvalue weighted by molar-refractivity contribution is 5.97. The third kappa shape index (κ3) is 3.85. The number of carbonyl (C=O) groups excluding carboxylic acids is 2. The molecule has 1 saturated heterocycles. The van der Waals surface area contributed by atoms with Gasteiger partial charge in [-0.3, -0.25) is 9.59 Å². The number of Topliss-reactive ketones (excluding diaryl/α,β-unsaturated/α-hetero) is 1. The molecule has 1 fully saturated rings. The maximum atomic E-state index is 12.9. The van der Waals surface area contributed by atoms with Crippen LogP contribution in [0.2, 0.25) is 0 Å². The number of piperidine rings is 1. The summed E-state index contributed by atoms with van der Waals surface area (Å²) in [6.07, 6.45) is 0.630. The number of nitrogens with zero attached hydrogens (tertiary/aromatic N) is 1. The van der Waals surface area contributed by atoms with Gasteiger partial charge in [-0.1, -0.05) is 13.8 Å². The molecule has 0 bridgehead atoms. The van der Waals surface area contributed by atoms with E-state index in [4.69, 9.17) is 9.47 Å². The van der Waals surface area contributed by atoms with E-state index in [1.807, 2.05) is 20.8 Å². The van der Waals surface area contributed by atoms with Gasteiger partial charge in [-0.2, -0.15) is 0 Å². The first-order valence-corrected chi connectivity index (χ1v) is 8.78. The van der Waals surface area contributed by atoms with Crippen molar-refractivity contribution in [2.75, 3.05) is 27.3 Å². The molecule has 1 aromatic carbocycles. The normalized spacial score (nSPS) is 22.0. The lowest BCUT2D eigenvalue weighted by molar-refractivity contribution is -0.146. The topological polar surface area (TPSA) is 76.1 Å². The van der Waals surface area contributed by atoms with Crippen LogP contribution in [0.15, 0.2) is 12.1 Å². The second kappa shape index (κ2) is 7.27. The first-order chi connectivity index (χ1) is 12.0. The average Bonchev–Trinajstić information content (AvgIpc) is 2.56. The van der Waals surface area contributed by atoms with Crippen molar-refractivity contribution in [1.82, 2.24) is 4.90 Å². The van der Waals surface area contributed by atoms with Crippen LogP contribution < -0.4 is 9.47 Å². The van der Waals surface area contributed by atoms with Crippen LogP contribution in [0.5, 0.6) is 11.5 Å². The molecule has 1 atom stereocenters. The van der Waals surface area contributed by atoms with Gasteiger partial charge in [0.05, 0.1) is 26.2 Å². The molecule has 1 heterocycles. The number of ether oxygens (including phenoxy) is 2. The predicted molar refractivity (Wildman–Crippen MR) is 98.9 cm³/mol. The van der Waals surface area contributed by atoms with E-state index < -0.39 is 11.0 Å². The molecular weight excluding hydrogens is 334 g/mol. The quantitative estimate of drug-likeness (QED) is 0.813. The molecule has 1 N–H and O–H groups in total. The maximum Gasteiger partial charge on any atom is 0.227 e. The number of carbonyl (C=O) groups is 2. The molecule has 6 heteroatoms. The van der Waals surface area contributed by atoms with E-state index in [0.717, 1.165) is 0 Å². The molecule has 0 aliphatic carbocycles. The largest absolute Gasteiger partial charge is 0.493 e. The molecule has 6 nitrogen and oxygen atoms in total. The number of likely N-dealkylation sites (tertiary alicyclic amines) is 1. The molecule has 2 rings (SSSR count). The Morgan fingerprint density at radius 2 is 1.73 bits per heavy atom. The number of rotatable bonds is 5. The Labute approximate surface area is 155 Å². The Kier molecular flexibility index (Phi) is 5.66. The summed E-state index contributed by atoms with van der Waals surface area (Å²) < 4.78 is 10.6. The average molecular weight is 363 g/mol. The van der Waals surface area contributed by atoms with E-state index in [2.05, 4.69) is 0 Å². The van der Waals surface area contributed by atoms with E-state index in [-0.39, 0.29) is 18.1 Å². The zero-order valence-electron chi connectivity index (χ0n) is 16.5. The molecule has 1 aliphatic rings. The van der Waals surface area contributed by atoms with Crippen molar-refractivity contribution in [2.45, 2.75) is 46.1 Å². The van der Waals surface area contributed by atoms with E-state index in [0.29, 0.717) is 42.1 Å². The van der Waals surface area contributed by atoms with E-state index >= 15 is 0 Å². The maximum absolute atomic E-state index is 12.9. The van der Waals surface area contributed by atoms with Gasteiger partial charge in [0.1, 0.15) is 0 Å². The molecule has 1 amide bonds. The highest BCUT2D eigenvalue weighted by atomic mass is 16.5. The number of ketones is 1. The van der Waals surface area contributed by atoms with Crippen LogP contribution in [0.4, 0.5) is 0 Å². The number of benzene rings is 1. The summed E-state index contributed by atoms with van der Waals surface area (Å²) in [5.74, 6) is 0.755. The Bertz CT molecular complexity index is 708. The minimum absolute atomic E-state index is 0.0664. The lowest BCUT2D eigenvalue weighted by Gasteiger charge is -2.48. The molecule has 0 aromatic heterocycles. The Balaban J connectivity index is 2.27. The minimum atomic E-state index is -0.808. The number of hydrogen-bond donors (Lipinski definition) is 1. The van der Waals surface area contributed by atoms with Crippen LogP contribution in [-0.2, 0) is 11.2 Å².